The number of hydrogen-bond acceptors (Lipinski definition) is 2. The van der Waals surface area contributed by atoms with Gasteiger partial charge in [0.2, 0.25) is 5.91 Å². The van der Waals surface area contributed by atoms with Crippen molar-refractivity contribution in [3.8, 4) is 6.07 Å². The van der Waals surface area contributed by atoms with Crippen LogP contribution in [0.5, 0.6) is 0 Å². The van der Waals surface area contributed by atoms with Gasteiger partial charge in [-0.3, -0.25) is 4.79 Å². The number of nitrogens with two attached hydrogens (primary N) is 1. The molecule has 0 saturated carbocycles. The number of rotatable bonds is 2. The zero-order chi connectivity index (χ0) is 10.6. The van der Waals surface area contributed by atoms with E-state index in [-0.39, 0.29) is 5.56 Å². The van der Waals surface area contributed by atoms with Gasteiger partial charge in [0, 0.05) is 11.6 Å². The summed E-state index contributed by atoms with van der Waals surface area (Å²) in [7, 11) is 0. The fraction of sp³-hybridized carbons (Fsp3) is 0. The second kappa shape index (κ2) is 4.19. The summed E-state index contributed by atoms with van der Waals surface area (Å²) in [5.74, 6) is -1.16. The van der Waals surface area contributed by atoms with Crippen molar-refractivity contribution in [2.24, 2.45) is 5.73 Å². The Bertz CT molecular complexity index is 432. The Balaban J connectivity index is 3.08. The molecule has 4 heteroatoms. The predicted octanol–water partition coefficient (Wildman–Crippen LogP) is 1.20. The molecule has 14 heavy (non-hydrogen) atoms. The molecule has 0 atom stereocenters. The monoisotopic (exact) mass is 190 g/mol. The van der Waals surface area contributed by atoms with Gasteiger partial charge >= 0.3 is 0 Å². The Labute approximate surface area is 80.3 Å². The maximum Gasteiger partial charge on any atom is 0.241 e. The van der Waals surface area contributed by atoms with Crippen LogP contribution in [0.3, 0.4) is 0 Å². The van der Waals surface area contributed by atoms with Crippen molar-refractivity contribution in [2.45, 2.75) is 0 Å². The minimum absolute atomic E-state index is 0.169. The summed E-state index contributed by atoms with van der Waals surface area (Å²) in [6.45, 7) is 0. The molecular formula is C10H7FN2O. The lowest BCUT2D eigenvalue weighted by molar-refractivity contribution is -0.113. The lowest BCUT2D eigenvalue weighted by atomic mass is 10.1. The van der Waals surface area contributed by atoms with Crippen molar-refractivity contribution in [3.63, 3.8) is 0 Å². The van der Waals surface area contributed by atoms with Crippen LogP contribution in [0.1, 0.15) is 11.1 Å². The SMILES string of the molecule is N#Cc1ccc(F)c(C=CC(N)=O)c1. The quantitative estimate of drug-likeness (QED) is 0.712. The van der Waals surface area contributed by atoms with Gasteiger partial charge in [-0.05, 0) is 24.3 Å². The lowest BCUT2D eigenvalue weighted by Gasteiger charge is -1.96. The highest BCUT2D eigenvalue weighted by Crippen LogP contribution is 2.11. The van der Waals surface area contributed by atoms with E-state index in [1.54, 1.807) is 0 Å². The first-order valence-electron chi connectivity index (χ1n) is 3.80. The Morgan fingerprint density at radius 3 is 2.86 bits per heavy atom. The van der Waals surface area contributed by atoms with Crippen molar-refractivity contribution >= 4 is 12.0 Å². The number of amides is 1. The average molecular weight is 190 g/mol. The van der Waals surface area contributed by atoms with Gasteiger partial charge in [-0.1, -0.05) is 0 Å². The van der Waals surface area contributed by atoms with E-state index in [0.29, 0.717) is 5.56 Å². The first-order chi connectivity index (χ1) is 6.63. The van der Waals surface area contributed by atoms with Crippen LogP contribution in [0, 0.1) is 17.1 Å². The Kier molecular flexibility index (Phi) is 2.97. The van der Waals surface area contributed by atoms with E-state index in [1.165, 1.54) is 24.3 Å². The molecule has 0 aliphatic heterocycles. The van der Waals surface area contributed by atoms with Gasteiger partial charge in [-0.15, -0.1) is 0 Å². The summed E-state index contributed by atoms with van der Waals surface area (Å²) in [6, 6.07) is 5.73. The molecule has 1 amide bonds. The molecule has 0 spiro atoms. The number of primary amides is 1. The largest absolute Gasteiger partial charge is 0.366 e. The predicted molar refractivity (Wildman–Crippen MR) is 49.3 cm³/mol. The van der Waals surface area contributed by atoms with Gasteiger partial charge in [0.05, 0.1) is 11.6 Å². The molecule has 2 N–H and O–H groups in total. The average Bonchev–Trinajstić information content (AvgIpc) is 2.16. The standard InChI is InChI=1S/C10H7FN2O/c11-9-3-1-7(6-12)5-8(9)2-4-10(13)14/h1-5H,(H2,13,14). The maximum atomic E-state index is 13.0. The van der Waals surface area contributed by atoms with Crippen LogP contribution in [0.4, 0.5) is 4.39 Å². The molecule has 0 saturated heterocycles. The molecule has 3 nitrogen and oxygen atoms in total. The number of benzene rings is 1. The van der Waals surface area contributed by atoms with E-state index in [1.807, 2.05) is 6.07 Å². The highest BCUT2D eigenvalue weighted by Gasteiger charge is 2.00. The van der Waals surface area contributed by atoms with E-state index in [4.69, 9.17) is 11.0 Å². The summed E-state index contributed by atoms with van der Waals surface area (Å²) in [5, 5.41) is 8.54. The highest BCUT2D eigenvalue weighted by molar-refractivity contribution is 5.90. The van der Waals surface area contributed by atoms with Gasteiger partial charge < -0.3 is 5.73 Å². The highest BCUT2D eigenvalue weighted by atomic mass is 19.1. The maximum absolute atomic E-state index is 13.0. The number of hydrogen-bond donors (Lipinski definition) is 1. The van der Waals surface area contributed by atoms with Gasteiger partial charge in [0.25, 0.3) is 0 Å². The van der Waals surface area contributed by atoms with Gasteiger partial charge in [0.15, 0.2) is 0 Å². The molecule has 0 bridgehead atoms. The van der Waals surface area contributed by atoms with Crippen LogP contribution in [-0.2, 0) is 4.79 Å². The Morgan fingerprint density at radius 1 is 1.57 bits per heavy atom. The van der Waals surface area contributed by atoms with Crippen molar-refractivity contribution in [3.05, 3.63) is 41.2 Å². The van der Waals surface area contributed by atoms with Crippen molar-refractivity contribution < 1.29 is 9.18 Å². The second-order valence-electron chi connectivity index (χ2n) is 2.58. The Hall–Kier alpha value is -2.15. The zero-order valence-corrected chi connectivity index (χ0v) is 7.20. The summed E-state index contributed by atoms with van der Waals surface area (Å²) < 4.78 is 13.0. The van der Waals surface area contributed by atoms with E-state index in [0.717, 1.165) is 6.08 Å². The van der Waals surface area contributed by atoms with Crippen LogP contribution >= 0.6 is 0 Å². The lowest BCUT2D eigenvalue weighted by Crippen LogP contribution is -2.05. The molecule has 0 unspecified atom stereocenters. The van der Waals surface area contributed by atoms with Gasteiger partial charge in [0.1, 0.15) is 5.82 Å². The van der Waals surface area contributed by atoms with E-state index in [2.05, 4.69) is 0 Å². The smallest absolute Gasteiger partial charge is 0.241 e. The Morgan fingerprint density at radius 2 is 2.29 bits per heavy atom. The summed E-state index contributed by atoms with van der Waals surface area (Å²) in [4.78, 5) is 10.4. The first kappa shape index (κ1) is 9.93. The molecule has 70 valence electrons. The van der Waals surface area contributed by atoms with E-state index in [9.17, 15) is 9.18 Å². The second-order valence-corrected chi connectivity index (χ2v) is 2.58. The molecule has 0 aromatic heterocycles. The number of halogens is 1. The number of nitriles is 1. The third kappa shape index (κ3) is 2.42. The molecule has 0 fully saturated rings. The molecular weight excluding hydrogens is 183 g/mol. The third-order valence-corrected chi connectivity index (χ3v) is 1.55. The number of nitrogens with zero attached hydrogens (tertiary/aromatic N) is 1. The first-order valence-corrected chi connectivity index (χ1v) is 3.80. The summed E-state index contributed by atoms with van der Waals surface area (Å²) in [5.41, 5.74) is 5.35. The topological polar surface area (TPSA) is 66.9 Å². The number of carbonyl (C=O) groups excluding carboxylic acids is 1. The molecule has 1 aromatic rings. The minimum Gasteiger partial charge on any atom is -0.366 e. The van der Waals surface area contributed by atoms with E-state index >= 15 is 0 Å². The van der Waals surface area contributed by atoms with Gasteiger partial charge in [-0.25, -0.2) is 4.39 Å². The fourth-order valence-electron chi connectivity index (χ4n) is 0.913. The normalized spacial score (nSPS) is 10.0. The van der Waals surface area contributed by atoms with Crippen LogP contribution in [0.25, 0.3) is 6.08 Å². The van der Waals surface area contributed by atoms with Crippen molar-refractivity contribution in [1.82, 2.24) is 0 Å². The molecule has 0 radical (unpaired) electrons. The number of carbonyl (C=O) groups is 1. The van der Waals surface area contributed by atoms with Crippen LogP contribution in [0.2, 0.25) is 0 Å². The van der Waals surface area contributed by atoms with Crippen molar-refractivity contribution in [1.29, 1.82) is 5.26 Å². The zero-order valence-electron chi connectivity index (χ0n) is 7.20. The fourth-order valence-corrected chi connectivity index (χ4v) is 0.913. The third-order valence-electron chi connectivity index (χ3n) is 1.55. The van der Waals surface area contributed by atoms with Crippen LogP contribution < -0.4 is 5.73 Å². The summed E-state index contributed by atoms with van der Waals surface area (Å²) >= 11 is 0. The van der Waals surface area contributed by atoms with Crippen LogP contribution in [0.15, 0.2) is 24.3 Å². The van der Waals surface area contributed by atoms with E-state index < -0.39 is 11.7 Å². The van der Waals surface area contributed by atoms with Crippen molar-refractivity contribution in [2.75, 3.05) is 0 Å². The molecule has 1 rings (SSSR count). The molecule has 0 aliphatic carbocycles. The van der Waals surface area contributed by atoms with Crippen LogP contribution in [-0.4, -0.2) is 5.91 Å². The molecule has 1 aromatic carbocycles. The minimum atomic E-state index is -0.660. The van der Waals surface area contributed by atoms with Gasteiger partial charge in [-0.2, -0.15) is 5.26 Å². The molecule has 0 aliphatic rings. The molecule has 0 heterocycles. The summed E-state index contributed by atoms with van der Waals surface area (Å²) in [6.07, 6.45) is 2.28.